The van der Waals surface area contributed by atoms with Crippen LogP contribution in [0.15, 0.2) is 143 Å². The maximum Gasteiger partial charge on any atom is 3.00 e. The first-order valence-electron chi connectivity index (χ1n) is 28.3. The second-order valence-corrected chi connectivity index (χ2v) is 29.2. The first-order chi connectivity index (χ1) is 37.5. The van der Waals surface area contributed by atoms with Gasteiger partial charge in [0.05, 0.1) is 13.1 Å². The van der Waals surface area contributed by atoms with Crippen LogP contribution in [0.25, 0.3) is 54.9 Å². The van der Waals surface area contributed by atoms with Crippen molar-refractivity contribution >= 4 is 41.8 Å². The summed E-state index contributed by atoms with van der Waals surface area (Å²) in [5.74, 6) is 0.624. The summed E-state index contributed by atoms with van der Waals surface area (Å²) < 4.78 is 25.8. The van der Waals surface area contributed by atoms with Gasteiger partial charge in [-0.3, -0.25) is 9.98 Å². The van der Waals surface area contributed by atoms with Crippen LogP contribution in [0.3, 0.4) is 0 Å². The SMILES string of the molecule is CC(C)(C)c1cc(C=NCCN=Cc2cc(C(C)(C)C)cc(C(C)(C)C)c2[O-])c([O-])c(C(C)(C)C)c1.CC(C)(C)c1ccc(-c2cc3ccccc3c3c2OP(=O)([O-])Oc2c(-c4ccc(C(C)(C)C)cc4)cc4ccccc4c2-3)cc1.[Mn+3]. The molecule has 0 spiro atoms. The van der Waals surface area contributed by atoms with Gasteiger partial charge in [0.25, 0.3) is 0 Å². The molecule has 0 fully saturated rings. The van der Waals surface area contributed by atoms with Gasteiger partial charge >= 0.3 is 24.9 Å². The molecule has 0 aromatic heterocycles. The molecule has 1 aliphatic heterocycles. The number of hydrogen-bond donors (Lipinski definition) is 0. The molecule has 0 atom stereocenters. The van der Waals surface area contributed by atoms with Crippen molar-refractivity contribution < 1.29 is 45.8 Å². The average molecular weight is 1160 g/mol. The van der Waals surface area contributed by atoms with Gasteiger partial charge < -0.3 is 24.2 Å². The van der Waals surface area contributed by atoms with E-state index in [0.29, 0.717) is 46.5 Å². The minimum atomic E-state index is -4.87. The van der Waals surface area contributed by atoms with Crippen LogP contribution in [-0.2, 0) is 54.1 Å². The third-order valence-electron chi connectivity index (χ3n) is 15.2. The fourth-order valence-electron chi connectivity index (χ4n) is 10.2. The quantitative estimate of drug-likeness (QED) is 0.0676. The Bertz CT molecular complexity index is 3520. The number of nitrogens with zero attached hydrogens (tertiary/aromatic N) is 2. The monoisotopic (exact) mass is 1160 g/mol. The number of aliphatic imine (C=N–C) groups is 2. The van der Waals surface area contributed by atoms with E-state index in [1.807, 2.05) is 97.1 Å². The van der Waals surface area contributed by atoms with Gasteiger partial charge in [-0.2, -0.15) is 0 Å². The van der Waals surface area contributed by atoms with Crippen LogP contribution in [0, 0.1) is 0 Å². The third kappa shape index (κ3) is 13.9. The number of benzene rings is 8. The van der Waals surface area contributed by atoms with Crippen LogP contribution in [-0.4, -0.2) is 25.5 Å². The Balaban J connectivity index is 0.000000240. The van der Waals surface area contributed by atoms with Crippen molar-refractivity contribution in [1.82, 2.24) is 0 Å². The van der Waals surface area contributed by atoms with Gasteiger partial charge in [0, 0.05) is 34.7 Å². The van der Waals surface area contributed by atoms with Gasteiger partial charge in [0.2, 0.25) is 0 Å². The fourth-order valence-corrected chi connectivity index (χ4v) is 11.1. The minimum Gasteiger partial charge on any atom is -0.872 e. The summed E-state index contributed by atoms with van der Waals surface area (Å²) in [4.78, 5) is 22.8. The van der Waals surface area contributed by atoms with E-state index in [4.69, 9.17) is 9.05 Å². The second kappa shape index (κ2) is 23.3. The van der Waals surface area contributed by atoms with Crippen LogP contribution < -0.4 is 24.2 Å². The van der Waals surface area contributed by atoms with E-state index in [9.17, 15) is 19.7 Å². The molecule has 0 unspecified atom stereocenters. The first-order valence-corrected chi connectivity index (χ1v) is 29.7. The van der Waals surface area contributed by atoms with E-state index in [2.05, 4.69) is 171 Å². The molecule has 0 saturated carbocycles. The Morgan fingerprint density at radius 3 is 1.05 bits per heavy atom. The molecule has 9 rings (SSSR count). The molecular weight excluding hydrogens is 1070 g/mol. The molecule has 10 heteroatoms. The Morgan fingerprint density at radius 1 is 0.427 bits per heavy atom. The maximum atomic E-state index is 13.8. The van der Waals surface area contributed by atoms with Crippen LogP contribution in [0.2, 0.25) is 0 Å². The van der Waals surface area contributed by atoms with Crippen LogP contribution >= 0.6 is 7.82 Å². The Labute approximate surface area is 499 Å². The zero-order chi connectivity index (χ0) is 59.4. The van der Waals surface area contributed by atoms with Crippen LogP contribution in [0.4, 0.5) is 0 Å². The zero-order valence-electron chi connectivity index (χ0n) is 51.4. The van der Waals surface area contributed by atoms with Gasteiger partial charge in [-0.05, 0) is 122 Å². The summed E-state index contributed by atoms with van der Waals surface area (Å²) in [5, 5.41) is 29.9. The Morgan fingerprint density at radius 2 is 0.744 bits per heavy atom. The molecule has 428 valence electrons. The molecule has 1 heterocycles. The van der Waals surface area contributed by atoms with Crippen molar-refractivity contribution in [3.63, 3.8) is 0 Å². The minimum absolute atomic E-state index is 0. The summed E-state index contributed by atoms with van der Waals surface area (Å²) >= 11 is 0. The summed E-state index contributed by atoms with van der Waals surface area (Å²) in [5.41, 5.74) is 11.4. The third-order valence-corrected chi connectivity index (χ3v) is 16.0. The molecule has 8 nitrogen and oxygen atoms in total. The van der Waals surface area contributed by atoms with Crippen molar-refractivity contribution in [1.29, 1.82) is 0 Å². The van der Waals surface area contributed by atoms with Crippen molar-refractivity contribution in [2.24, 2.45) is 9.98 Å². The average Bonchev–Trinajstić information content (AvgIpc) is 1.92. The molecule has 0 radical (unpaired) electrons. The van der Waals surface area contributed by atoms with E-state index in [1.165, 1.54) is 11.1 Å². The van der Waals surface area contributed by atoms with Crippen molar-refractivity contribution in [3.05, 3.63) is 178 Å². The first kappa shape index (κ1) is 63.1. The predicted octanol–water partition coefficient (Wildman–Crippen LogP) is 17.4. The van der Waals surface area contributed by atoms with Gasteiger partial charge in [-0.1, -0.05) is 257 Å². The van der Waals surface area contributed by atoms with Crippen molar-refractivity contribution in [2.45, 2.75) is 157 Å². The molecule has 8 aromatic carbocycles. The van der Waals surface area contributed by atoms with E-state index in [0.717, 1.165) is 54.9 Å². The Hall–Kier alpha value is -6.47. The van der Waals surface area contributed by atoms with E-state index < -0.39 is 7.82 Å². The second-order valence-electron chi connectivity index (χ2n) is 27.9. The Kier molecular flexibility index (Phi) is 17.9. The molecular formula is C72H82MnN2O6P. The summed E-state index contributed by atoms with van der Waals surface area (Å²) in [6.45, 7) is 39.2. The summed E-state index contributed by atoms with van der Waals surface area (Å²) in [6, 6.07) is 44.7. The number of phosphoric ester groups is 1. The normalized spacial score (nSPS) is 13.9. The van der Waals surface area contributed by atoms with Crippen molar-refractivity contribution in [2.75, 3.05) is 13.1 Å². The fraction of sp³-hybridized carbons (Fsp3) is 0.361. The molecule has 8 aromatic rings. The molecule has 0 saturated heterocycles. The molecule has 82 heavy (non-hydrogen) atoms. The van der Waals surface area contributed by atoms with Crippen LogP contribution in [0.1, 0.15) is 169 Å². The van der Waals surface area contributed by atoms with Gasteiger partial charge in [-0.15, -0.1) is 0 Å². The standard InChI is InChI=1S/C40H37O4P.C32H48N2O2.Mn/c1-39(2,3)29-19-15-25(16-20-29)33-23-27-11-7-9-13-31(27)35-36-32-14-10-8-12-28(32)24-34(38(36)44-45(41,42)43-37(33)35)26-17-21-30(22-18-26)40(4,5)6;1-29(2,3)23-15-21(27(35)25(17-23)31(7,8)9)19-33-13-14-34-20-22-16-24(30(4,5)6)18-26(28(22)36)32(10,11)12;/h7-24H,1-6H3,(H,41,42);15-20,35-36H,13-14H2,1-12H3;/q;;+3/p-3. The smallest absolute Gasteiger partial charge is 0.872 e. The zero-order valence-corrected chi connectivity index (χ0v) is 53.5. The predicted molar refractivity (Wildman–Crippen MR) is 336 cm³/mol. The molecule has 0 amide bonds. The topological polar surface area (TPSA) is 129 Å². The van der Waals surface area contributed by atoms with Crippen molar-refractivity contribution in [3.8, 4) is 56.4 Å². The molecule has 1 aliphatic rings. The van der Waals surface area contributed by atoms with E-state index in [1.54, 1.807) is 12.4 Å². The van der Waals surface area contributed by atoms with E-state index >= 15 is 0 Å². The summed E-state index contributed by atoms with van der Waals surface area (Å²) in [7, 11) is -4.87. The number of phosphoric acid groups is 1. The van der Waals surface area contributed by atoms with Crippen LogP contribution in [0.5, 0.6) is 23.0 Å². The largest absolute Gasteiger partial charge is 3.00 e. The number of hydrogen-bond acceptors (Lipinski definition) is 8. The number of rotatable bonds is 7. The molecule has 0 aliphatic carbocycles. The summed E-state index contributed by atoms with van der Waals surface area (Å²) in [6.07, 6.45) is 3.36. The van der Waals surface area contributed by atoms with Gasteiger partial charge in [-0.25, -0.2) is 4.57 Å². The maximum absolute atomic E-state index is 13.8. The molecule has 0 bridgehead atoms. The molecule has 0 N–H and O–H groups in total. The van der Waals surface area contributed by atoms with Gasteiger partial charge in [0.1, 0.15) is 11.5 Å². The van der Waals surface area contributed by atoms with E-state index in [-0.39, 0.29) is 72.6 Å². The number of fused-ring (bicyclic) bond motifs is 7. The van der Waals surface area contributed by atoms with Gasteiger partial charge in [0.15, 0.2) is 0 Å².